The van der Waals surface area contributed by atoms with Gasteiger partial charge in [-0.15, -0.1) is 23.6 Å². The molecule has 0 aliphatic rings. The van der Waals surface area contributed by atoms with Gasteiger partial charge < -0.3 is 13.9 Å². The minimum Gasteiger partial charge on any atom is -0.509 e. The number of nitrogens with zero attached hydrogens (tertiary/aromatic N) is 4. The van der Waals surface area contributed by atoms with Crippen LogP contribution < -0.4 is 9.30 Å². The van der Waals surface area contributed by atoms with Crippen LogP contribution in [0.25, 0.3) is 106 Å². The summed E-state index contributed by atoms with van der Waals surface area (Å²) in [5.41, 5.74) is 10.1. The fourth-order valence-electron chi connectivity index (χ4n) is 9.93. The van der Waals surface area contributed by atoms with E-state index in [2.05, 4.69) is 111 Å². The van der Waals surface area contributed by atoms with Gasteiger partial charge in [-0.1, -0.05) is 231 Å². The molecule has 0 saturated carbocycles. The Balaban J connectivity index is 0.00000724. The van der Waals surface area contributed by atoms with Crippen LogP contribution in [0.15, 0.2) is 249 Å². The number of benzene rings is 10. The molecule has 0 spiro atoms. The van der Waals surface area contributed by atoms with E-state index in [1.165, 1.54) is 0 Å². The third-order valence-corrected chi connectivity index (χ3v) is 13.5. The Labute approximate surface area is 471 Å². The zero-order valence-electron chi connectivity index (χ0n) is 51.4. The minimum atomic E-state index is -0.580. The van der Waals surface area contributed by atoms with Gasteiger partial charge in [-0.25, -0.2) is 4.98 Å². The average molecular weight is 1170 g/mol. The molecule has 0 fully saturated rings. The summed E-state index contributed by atoms with van der Waals surface area (Å²) < 4.78 is 101. The molecule has 5 nitrogen and oxygen atoms in total. The molecule has 13 rings (SSSR count). The maximum absolute atomic E-state index is 9.15. The molecule has 0 atom stereocenters. The van der Waals surface area contributed by atoms with Gasteiger partial charge in [-0.3, -0.25) is 4.57 Å². The Bertz CT molecular complexity index is 4660. The van der Waals surface area contributed by atoms with E-state index in [1.807, 2.05) is 103 Å². The van der Waals surface area contributed by atoms with Crippen LogP contribution in [-0.2, 0) is 26.5 Å². The van der Waals surface area contributed by atoms with E-state index in [9.17, 15) is 0 Å². The van der Waals surface area contributed by atoms with Crippen molar-refractivity contribution in [2.24, 2.45) is 0 Å². The quantitative estimate of drug-likeness (QED) is 0.101. The van der Waals surface area contributed by atoms with Gasteiger partial charge in [0.05, 0.1) is 30.4 Å². The molecule has 3 heterocycles. The van der Waals surface area contributed by atoms with Gasteiger partial charge in [0, 0.05) is 44.3 Å². The third-order valence-electron chi connectivity index (χ3n) is 13.5. The molecule has 0 saturated heterocycles. The first-order valence-corrected chi connectivity index (χ1v) is 24.6. The number of hydrogen-bond donors (Lipinski definition) is 0. The summed E-state index contributed by atoms with van der Waals surface area (Å²) in [6.07, 6.45) is 5.32. The molecule has 0 aliphatic heterocycles. The van der Waals surface area contributed by atoms with E-state index in [0.29, 0.717) is 28.2 Å². The second kappa shape index (κ2) is 20.1. The first-order valence-electron chi connectivity index (χ1n) is 29.6. The normalized spacial score (nSPS) is 13.4. The smallest absolute Gasteiger partial charge is 0.268 e. The Kier molecular flexibility index (Phi) is 9.99. The molecule has 10 aromatic carbocycles. The predicted octanol–water partition coefficient (Wildman–Crippen LogP) is 17.2. The molecular formula is C70H50N4OPt-2. The van der Waals surface area contributed by atoms with Crippen molar-refractivity contribution in [2.75, 3.05) is 0 Å². The van der Waals surface area contributed by atoms with Crippen LogP contribution in [0.2, 0.25) is 0 Å². The van der Waals surface area contributed by atoms with E-state index in [0.717, 1.165) is 66.6 Å². The molecule has 0 bridgehead atoms. The van der Waals surface area contributed by atoms with Crippen molar-refractivity contribution < 1.29 is 44.1 Å². The Morgan fingerprint density at radius 3 is 1.76 bits per heavy atom. The topological polar surface area (TPSA) is 35.9 Å². The van der Waals surface area contributed by atoms with E-state index < -0.39 is 60.4 Å². The predicted molar refractivity (Wildman–Crippen MR) is 306 cm³/mol. The second-order valence-electron chi connectivity index (χ2n) is 19.3. The molecule has 0 aliphatic carbocycles. The zero-order chi connectivity index (χ0) is 59.2. The first kappa shape index (κ1) is 37.8. The second-order valence-corrected chi connectivity index (χ2v) is 19.3. The van der Waals surface area contributed by atoms with Gasteiger partial charge in [-0.2, -0.15) is 18.2 Å². The van der Waals surface area contributed by atoms with Gasteiger partial charge in [-0.05, 0) is 90.8 Å². The van der Waals surface area contributed by atoms with Crippen LogP contribution in [0, 0.1) is 18.5 Å². The van der Waals surface area contributed by atoms with Gasteiger partial charge in [0.2, 0.25) is 0 Å². The number of pyridine rings is 1. The van der Waals surface area contributed by atoms with E-state index >= 15 is 0 Å². The monoisotopic (exact) mass is 1170 g/mol. The summed E-state index contributed by atoms with van der Waals surface area (Å²) in [4.78, 5) is 4.96. The first-order chi connectivity index (χ1) is 41.0. The summed E-state index contributed by atoms with van der Waals surface area (Å²) in [7, 11) is 0. The van der Waals surface area contributed by atoms with Crippen molar-refractivity contribution in [2.45, 2.75) is 26.2 Å². The molecule has 3 aromatic heterocycles. The molecule has 368 valence electrons. The van der Waals surface area contributed by atoms with Crippen LogP contribution in [0.4, 0.5) is 0 Å². The number of imidazole rings is 1. The molecular weight excluding hydrogens is 1110 g/mol. The van der Waals surface area contributed by atoms with Crippen molar-refractivity contribution in [3.05, 3.63) is 273 Å². The van der Waals surface area contributed by atoms with Crippen molar-refractivity contribution in [3.63, 3.8) is 0 Å². The summed E-state index contributed by atoms with van der Waals surface area (Å²) in [5, 5.41) is 1.95. The minimum absolute atomic E-state index is 0. The van der Waals surface area contributed by atoms with Gasteiger partial charge in [0.15, 0.2) is 0 Å². The fraction of sp³-hybridized carbons (Fsp3) is 0.0571. The average Bonchev–Trinajstić information content (AvgIpc) is 1.77. The number of ether oxygens (including phenoxy) is 1. The number of rotatable bonds is 10. The van der Waals surface area contributed by atoms with Crippen molar-refractivity contribution in [3.8, 4) is 84.3 Å². The molecule has 0 N–H and O–H groups in total. The Hall–Kier alpha value is -8.89. The fourth-order valence-corrected chi connectivity index (χ4v) is 9.93. The summed E-state index contributed by atoms with van der Waals surface area (Å²) in [6, 6.07) is 61.3. The summed E-state index contributed by atoms with van der Waals surface area (Å²) in [5.74, 6) is 1.46. The SMILES string of the molecule is [2H]c1c([2H])c([2H])c(-c2cccc(-c3c([2H])c([2H])c([2H])c([2H])c3[2H])c2-[n+]2[c-]n(-c3[c-]c(Oc4[c-]c5c(cc4-c4cc(-c6ccccc6)cc(-c6ccccc6)c4)c4ccccc4n5-c4cc(C(C)(C)C)ccn4)ccc3)c3ccccc32)c([2H])c1[2H].[Pt]. The van der Waals surface area contributed by atoms with Gasteiger partial charge in [0.1, 0.15) is 5.82 Å². The van der Waals surface area contributed by atoms with Crippen LogP contribution >= 0.6 is 0 Å². The standard InChI is InChI=1S/C70H50N4O.Pt/c1-70(2,3)55-38-39-71-68(43-55)74-63-35-17-16-32-60(63)62-45-61(54-41-52(48-22-8-4-9-23-48)40-53(42-54)49-24-10-5-11-25-49)67(46-66(62)74)75-57-31-20-30-56(44-57)72-47-73(65-37-19-18-36-64(65)72)69-58(50-26-12-6-13-27-50)33-21-34-59(69)51-28-14-7-15-29-51;/h4-43,45H,1-3H3;/q-2;/i6D,7D,12D,13D,14D,15D,26D,27D,28D,29D;. The van der Waals surface area contributed by atoms with E-state index in [-0.39, 0.29) is 54.4 Å². The number of fused-ring (bicyclic) bond motifs is 4. The zero-order valence-corrected chi connectivity index (χ0v) is 43.7. The summed E-state index contributed by atoms with van der Waals surface area (Å²) in [6.45, 7) is 6.54. The molecule has 13 aromatic rings. The summed E-state index contributed by atoms with van der Waals surface area (Å²) >= 11 is 0. The van der Waals surface area contributed by atoms with Crippen LogP contribution in [-0.4, -0.2) is 14.1 Å². The van der Waals surface area contributed by atoms with Crippen LogP contribution in [0.1, 0.15) is 40.0 Å². The van der Waals surface area contributed by atoms with Crippen molar-refractivity contribution in [1.29, 1.82) is 0 Å². The van der Waals surface area contributed by atoms with Crippen molar-refractivity contribution in [1.82, 2.24) is 14.1 Å². The Morgan fingerprint density at radius 2 is 1.11 bits per heavy atom. The number of aromatic nitrogens is 4. The molecule has 0 amide bonds. The Morgan fingerprint density at radius 1 is 0.513 bits per heavy atom. The number of hydrogen-bond acceptors (Lipinski definition) is 2. The van der Waals surface area contributed by atoms with E-state index in [1.54, 1.807) is 27.3 Å². The largest absolute Gasteiger partial charge is 0.509 e. The van der Waals surface area contributed by atoms with Crippen molar-refractivity contribution >= 4 is 32.8 Å². The van der Waals surface area contributed by atoms with Gasteiger partial charge in [0.25, 0.3) is 6.33 Å². The third kappa shape index (κ3) is 8.93. The molecule has 76 heavy (non-hydrogen) atoms. The molecule has 0 radical (unpaired) electrons. The van der Waals surface area contributed by atoms with Crippen LogP contribution in [0.5, 0.6) is 11.5 Å². The maximum atomic E-state index is 9.15. The van der Waals surface area contributed by atoms with Gasteiger partial charge >= 0.3 is 0 Å². The molecule has 6 heteroatoms. The number of para-hydroxylation sites is 4. The molecule has 0 unspecified atom stereocenters. The van der Waals surface area contributed by atoms with E-state index in [4.69, 9.17) is 23.4 Å². The maximum Gasteiger partial charge on any atom is 0.268 e. The van der Waals surface area contributed by atoms with Crippen LogP contribution in [0.3, 0.4) is 0 Å².